The van der Waals surface area contributed by atoms with Crippen molar-refractivity contribution in [2.24, 2.45) is 0 Å². The van der Waals surface area contributed by atoms with Gasteiger partial charge in [0.05, 0.1) is 5.69 Å². The molecule has 0 aliphatic carbocycles. The smallest absolute Gasteiger partial charge is 0.264 e. The second-order valence-electron chi connectivity index (χ2n) is 3.86. The Hall–Kier alpha value is -1.93. The van der Waals surface area contributed by atoms with Gasteiger partial charge >= 0.3 is 0 Å². The van der Waals surface area contributed by atoms with Crippen LogP contribution in [0.1, 0.15) is 11.5 Å². The van der Waals surface area contributed by atoms with E-state index >= 15 is 0 Å². The Morgan fingerprint density at radius 1 is 1.20 bits per heavy atom. The summed E-state index contributed by atoms with van der Waals surface area (Å²) in [7, 11) is 0. The van der Waals surface area contributed by atoms with Gasteiger partial charge in [-0.15, -0.1) is 0 Å². The summed E-state index contributed by atoms with van der Waals surface area (Å²) in [6, 6.07) is 1.77. The fourth-order valence-electron chi connectivity index (χ4n) is 1.42. The van der Waals surface area contributed by atoms with E-state index < -0.39 is 0 Å². The normalized spacial score (nSPS) is 10.9. The molecule has 0 saturated heterocycles. The Bertz CT molecular complexity index is 722. The first-order chi connectivity index (χ1) is 9.61. The summed E-state index contributed by atoms with van der Waals surface area (Å²) >= 11 is 7.08. The first kappa shape index (κ1) is 13.1. The van der Waals surface area contributed by atoms with Crippen LogP contribution >= 0.6 is 23.4 Å². The molecule has 0 aliphatic heterocycles. The maximum absolute atomic E-state index is 5.90. The van der Waals surface area contributed by atoms with Gasteiger partial charge in [-0.1, -0.05) is 0 Å². The number of nitrogens with zero attached hydrogens (tertiary/aromatic N) is 6. The van der Waals surface area contributed by atoms with Crippen molar-refractivity contribution in [2.75, 3.05) is 0 Å². The first-order valence-corrected chi connectivity index (χ1v) is 6.85. The Labute approximate surface area is 123 Å². The van der Waals surface area contributed by atoms with Gasteiger partial charge in [0.15, 0.2) is 0 Å². The molecule has 0 aliphatic rings. The van der Waals surface area contributed by atoms with E-state index in [4.69, 9.17) is 16.0 Å². The highest BCUT2D eigenvalue weighted by atomic mass is 35.5. The van der Waals surface area contributed by atoms with Gasteiger partial charge in [0.2, 0.25) is 10.4 Å². The van der Waals surface area contributed by atoms with Crippen LogP contribution in [0.25, 0.3) is 5.95 Å². The Kier molecular flexibility index (Phi) is 3.41. The topological polar surface area (TPSA) is 82.5 Å². The highest BCUT2D eigenvalue weighted by molar-refractivity contribution is 7.98. The predicted octanol–water partition coefficient (Wildman–Crippen LogP) is 2.47. The predicted molar refractivity (Wildman–Crippen MR) is 72.1 cm³/mol. The zero-order valence-corrected chi connectivity index (χ0v) is 12.2. The molecule has 7 nitrogen and oxygen atoms in total. The van der Waals surface area contributed by atoms with Gasteiger partial charge in [0.25, 0.3) is 11.2 Å². The summed E-state index contributed by atoms with van der Waals surface area (Å²) in [6.07, 6.45) is 3.35. The quantitative estimate of drug-likeness (QED) is 0.735. The molecule has 0 spiro atoms. The molecule has 0 unspecified atom stereocenters. The van der Waals surface area contributed by atoms with Gasteiger partial charge in [0.1, 0.15) is 5.76 Å². The van der Waals surface area contributed by atoms with E-state index in [1.165, 1.54) is 16.4 Å². The van der Waals surface area contributed by atoms with Crippen molar-refractivity contribution < 1.29 is 4.42 Å². The van der Waals surface area contributed by atoms with E-state index in [2.05, 4.69) is 25.0 Å². The summed E-state index contributed by atoms with van der Waals surface area (Å²) in [5.41, 5.74) is 0.833. The number of rotatable bonds is 3. The zero-order valence-electron chi connectivity index (χ0n) is 10.6. The zero-order chi connectivity index (χ0) is 14.1. The van der Waals surface area contributed by atoms with Crippen LogP contribution in [-0.4, -0.2) is 29.7 Å². The van der Waals surface area contributed by atoms with Gasteiger partial charge in [-0.2, -0.15) is 20.1 Å². The molecule has 0 amide bonds. The molecular formula is C11H9ClN6OS. The lowest BCUT2D eigenvalue weighted by molar-refractivity contribution is 0.430. The van der Waals surface area contributed by atoms with Gasteiger partial charge in [0, 0.05) is 24.2 Å². The van der Waals surface area contributed by atoms with E-state index in [1.807, 2.05) is 13.8 Å². The average Bonchev–Trinajstić information content (AvgIpc) is 3.00. The standard InChI is InChI=1S/C11H9ClN6OS/c1-6-7(2)19-11(14-6)20-10-16-8(12)15-9(17-10)18-5-3-4-13-18/h3-5H,1-2H3. The number of hydrogen-bond acceptors (Lipinski definition) is 7. The number of halogens is 1. The molecular weight excluding hydrogens is 300 g/mol. The van der Waals surface area contributed by atoms with Crippen molar-refractivity contribution >= 4 is 23.4 Å². The van der Waals surface area contributed by atoms with Crippen LogP contribution in [0.5, 0.6) is 0 Å². The number of hydrogen-bond donors (Lipinski definition) is 0. The number of aryl methyl sites for hydroxylation is 2. The Balaban J connectivity index is 1.94. The third-order valence-electron chi connectivity index (χ3n) is 2.47. The van der Waals surface area contributed by atoms with E-state index in [-0.39, 0.29) is 5.28 Å². The molecule has 3 aromatic rings. The molecule has 0 aromatic carbocycles. The van der Waals surface area contributed by atoms with Crippen molar-refractivity contribution in [3.8, 4) is 5.95 Å². The summed E-state index contributed by atoms with van der Waals surface area (Å²) in [5.74, 6) is 1.11. The molecule has 102 valence electrons. The highest BCUT2D eigenvalue weighted by Crippen LogP contribution is 2.26. The second-order valence-corrected chi connectivity index (χ2v) is 5.12. The summed E-state index contributed by atoms with van der Waals surface area (Å²) < 4.78 is 6.98. The second kappa shape index (κ2) is 5.22. The van der Waals surface area contributed by atoms with Crippen molar-refractivity contribution in [2.45, 2.75) is 24.2 Å². The summed E-state index contributed by atoms with van der Waals surface area (Å²) in [4.78, 5) is 16.6. The van der Waals surface area contributed by atoms with Crippen molar-refractivity contribution in [3.05, 3.63) is 35.2 Å². The third kappa shape index (κ3) is 2.66. The van der Waals surface area contributed by atoms with Gasteiger partial charge in [-0.25, -0.2) is 9.67 Å². The van der Waals surface area contributed by atoms with Crippen LogP contribution in [0.2, 0.25) is 5.28 Å². The first-order valence-electron chi connectivity index (χ1n) is 5.65. The molecule has 0 atom stereocenters. The fraction of sp³-hybridized carbons (Fsp3) is 0.182. The average molecular weight is 309 g/mol. The van der Waals surface area contributed by atoms with Crippen LogP contribution in [0.15, 0.2) is 33.3 Å². The molecule has 9 heteroatoms. The van der Waals surface area contributed by atoms with Crippen molar-refractivity contribution in [1.29, 1.82) is 0 Å². The maximum atomic E-state index is 5.90. The van der Waals surface area contributed by atoms with E-state index in [1.54, 1.807) is 18.5 Å². The molecule has 0 bridgehead atoms. The minimum Gasteiger partial charge on any atom is -0.436 e. The molecule has 0 radical (unpaired) electrons. The molecule has 3 heterocycles. The van der Waals surface area contributed by atoms with Crippen LogP contribution in [0.4, 0.5) is 0 Å². The van der Waals surface area contributed by atoms with Gasteiger partial charge in [-0.3, -0.25) is 0 Å². The largest absolute Gasteiger partial charge is 0.436 e. The van der Waals surface area contributed by atoms with E-state index in [9.17, 15) is 0 Å². The fourth-order valence-corrected chi connectivity index (χ4v) is 2.39. The molecule has 0 N–H and O–H groups in total. The minimum absolute atomic E-state index is 0.0907. The Morgan fingerprint density at radius 3 is 2.70 bits per heavy atom. The van der Waals surface area contributed by atoms with E-state index in [0.717, 1.165) is 11.5 Å². The lowest BCUT2D eigenvalue weighted by atomic mass is 10.4. The van der Waals surface area contributed by atoms with Crippen molar-refractivity contribution in [1.82, 2.24) is 29.7 Å². The highest BCUT2D eigenvalue weighted by Gasteiger charge is 2.13. The van der Waals surface area contributed by atoms with Crippen molar-refractivity contribution in [3.63, 3.8) is 0 Å². The van der Waals surface area contributed by atoms with Crippen LogP contribution in [0.3, 0.4) is 0 Å². The maximum Gasteiger partial charge on any atom is 0.264 e. The molecule has 0 saturated carbocycles. The summed E-state index contributed by atoms with van der Waals surface area (Å²) in [6.45, 7) is 3.72. The van der Waals surface area contributed by atoms with E-state index in [0.29, 0.717) is 16.3 Å². The van der Waals surface area contributed by atoms with Gasteiger partial charge in [-0.05, 0) is 31.5 Å². The molecule has 0 fully saturated rings. The minimum atomic E-state index is 0.0907. The number of aromatic nitrogens is 6. The SMILES string of the molecule is Cc1nc(Sc2nc(Cl)nc(-n3cccn3)n2)oc1C. The molecule has 20 heavy (non-hydrogen) atoms. The molecule has 3 rings (SSSR count). The third-order valence-corrected chi connectivity index (χ3v) is 3.36. The number of oxazole rings is 1. The lowest BCUT2D eigenvalue weighted by Gasteiger charge is -2.01. The van der Waals surface area contributed by atoms with Crippen LogP contribution in [-0.2, 0) is 0 Å². The Morgan fingerprint density at radius 2 is 2.05 bits per heavy atom. The van der Waals surface area contributed by atoms with Crippen LogP contribution in [0, 0.1) is 13.8 Å². The van der Waals surface area contributed by atoms with Crippen LogP contribution < -0.4 is 0 Å². The van der Waals surface area contributed by atoms with Gasteiger partial charge < -0.3 is 4.42 Å². The summed E-state index contributed by atoms with van der Waals surface area (Å²) in [5, 5.41) is 5.01. The monoisotopic (exact) mass is 308 g/mol. The molecule has 3 aromatic heterocycles. The lowest BCUT2D eigenvalue weighted by Crippen LogP contribution is -2.04.